The number of nitriles is 1. The second kappa shape index (κ2) is 22.7. The molecule has 4 aliphatic heterocycles. The van der Waals surface area contributed by atoms with Crippen LogP contribution in [-0.2, 0) is 46.3 Å². The summed E-state index contributed by atoms with van der Waals surface area (Å²) in [7, 11) is 0. The number of nitrogens with zero attached hydrogens (tertiary/aromatic N) is 4. The van der Waals surface area contributed by atoms with Gasteiger partial charge in [-0.3, -0.25) is 19.2 Å². The Morgan fingerprint density at radius 3 is 1.97 bits per heavy atom. The van der Waals surface area contributed by atoms with E-state index in [1.807, 2.05) is 0 Å². The zero-order valence-electron chi connectivity index (χ0n) is 37.8. The molecule has 5 fully saturated rings. The highest BCUT2D eigenvalue weighted by Gasteiger charge is 2.55. The molecule has 1 aliphatic carbocycles. The van der Waals surface area contributed by atoms with Crippen LogP contribution in [0.1, 0.15) is 70.4 Å². The van der Waals surface area contributed by atoms with Gasteiger partial charge in [-0.05, 0) is 88.5 Å². The Bertz CT molecular complexity index is 2290. The number of rotatable bonds is 13. The normalized spacial score (nSPS) is 21.8. The van der Waals surface area contributed by atoms with E-state index in [2.05, 4.69) is 21.4 Å². The van der Waals surface area contributed by atoms with E-state index in [1.54, 1.807) is 35.5 Å². The van der Waals surface area contributed by atoms with Gasteiger partial charge in [-0.15, -0.1) is 0 Å². The maximum atomic E-state index is 14.2. The fourth-order valence-corrected chi connectivity index (χ4v) is 8.91. The van der Waals surface area contributed by atoms with Gasteiger partial charge in [0.1, 0.15) is 28.9 Å². The van der Waals surface area contributed by atoms with Crippen LogP contribution in [0.4, 0.5) is 31.1 Å². The van der Waals surface area contributed by atoms with Crippen LogP contribution >= 0.6 is 0 Å². The zero-order chi connectivity index (χ0) is 50.1. The number of fused-ring (bicyclic) bond motifs is 2. The molecule has 2 aromatic rings. The number of likely N-dealkylation sites (tertiary alicyclic amines) is 3. The number of halogens is 6. The number of carboxylic acid groups (broad SMARTS) is 1. The van der Waals surface area contributed by atoms with E-state index >= 15 is 0 Å². The van der Waals surface area contributed by atoms with E-state index in [9.17, 15) is 60.4 Å². The Morgan fingerprint density at radius 1 is 0.853 bits per heavy atom. The molecule has 2 aromatic carbocycles. The van der Waals surface area contributed by atoms with Crippen molar-refractivity contribution in [1.82, 2.24) is 25.3 Å². The van der Waals surface area contributed by atoms with Crippen molar-refractivity contribution in [3.63, 3.8) is 0 Å². The Kier molecular flexibility index (Phi) is 17.6. The Balaban J connectivity index is 0.000000219. The fraction of sp³-hybridized carbons (Fsp3) is 0.543. The predicted molar refractivity (Wildman–Crippen MR) is 228 cm³/mol. The van der Waals surface area contributed by atoms with Crippen molar-refractivity contribution in [3.8, 4) is 6.07 Å². The lowest BCUT2D eigenvalue weighted by atomic mass is 10.0. The van der Waals surface area contributed by atoms with Crippen molar-refractivity contribution in [2.45, 2.75) is 102 Å². The van der Waals surface area contributed by atoms with Crippen LogP contribution in [0.5, 0.6) is 0 Å². The van der Waals surface area contributed by atoms with Crippen molar-refractivity contribution in [1.29, 1.82) is 5.26 Å². The minimum absolute atomic E-state index is 0.0578. The monoisotopic (exact) mass is 963 g/mol. The maximum Gasteiger partial charge on any atom is 0.407 e. The molecular formula is C46H55F6N7O9. The molecule has 16 nitrogen and oxygen atoms in total. The number of amides is 4. The van der Waals surface area contributed by atoms with Crippen LogP contribution in [0.25, 0.3) is 0 Å². The minimum atomic E-state index is -1.29. The van der Waals surface area contributed by atoms with E-state index in [0.29, 0.717) is 63.1 Å². The summed E-state index contributed by atoms with van der Waals surface area (Å²) in [6.45, 7) is 8.96. The third-order valence-electron chi connectivity index (χ3n) is 12.3. The van der Waals surface area contributed by atoms with Crippen molar-refractivity contribution in [2.24, 2.45) is 23.0 Å². The molecule has 0 spiro atoms. The van der Waals surface area contributed by atoms with Crippen molar-refractivity contribution >= 4 is 36.3 Å². The van der Waals surface area contributed by atoms with Crippen LogP contribution < -0.4 is 16.4 Å². The first-order valence-corrected chi connectivity index (χ1v) is 22.1. The number of hydrogen-bond donors (Lipinski definition) is 4. The molecular weight excluding hydrogens is 909 g/mol. The molecule has 5 aliphatic rings. The molecule has 0 unspecified atom stereocenters. The molecule has 4 saturated heterocycles. The third-order valence-corrected chi connectivity index (χ3v) is 12.3. The SMILES string of the molecule is CC(C)(C)OC(=O)N[C@@H](CC(=O)N1CC[C@H]2CNC[C@H]21)Cc1cc(F)c(F)cc1F.N#CC1(C(=O)N2C[C@@H]3CCN(C(=O)C[C@H](N)Cc4cc(F)c(F)cc4F)[C@@H]3C2)CC1.O=CO/C=C/C(=O)O. The lowest BCUT2D eigenvalue weighted by molar-refractivity contribution is -0.136. The van der Waals surface area contributed by atoms with Gasteiger partial charge in [-0.25, -0.2) is 35.9 Å². The lowest BCUT2D eigenvalue weighted by Gasteiger charge is -2.27. The van der Waals surface area contributed by atoms with Crippen LogP contribution in [0.3, 0.4) is 0 Å². The predicted octanol–water partition coefficient (Wildman–Crippen LogP) is 4.23. The van der Waals surface area contributed by atoms with Gasteiger partial charge in [0.25, 0.3) is 6.47 Å². The molecule has 0 bridgehead atoms. The Labute approximate surface area is 388 Å². The average Bonchev–Trinajstić information content (AvgIpc) is 3.57. The van der Waals surface area contributed by atoms with E-state index in [4.69, 9.17) is 15.6 Å². The van der Waals surface area contributed by atoms with E-state index in [1.165, 1.54) is 0 Å². The van der Waals surface area contributed by atoms with Crippen molar-refractivity contribution in [2.75, 3.05) is 39.3 Å². The van der Waals surface area contributed by atoms with Crippen LogP contribution in [0.2, 0.25) is 0 Å². The van der Waals surface area contributed by atoms with Crippen LogP contribution in [-0.4, -0.2) is 125 Å². The molecule has 370 valence electrons. The fourth-order valence-electron chi connectivity index (χ4n) is 8.91. The second-order valence-corrected chi connectivity index (χ2v) is 18.5. The number of benzene rings is 2. The first-order valence-electron chi connectivity index (χ1n) is 22.1. The molecule has 4 amide bonds. The van der Waals surface area contributed by atoms with E-state index in [-0.39, 0.29) is 79.0 Å². The number of hydrogen-bond acceptors (Lipinski definition) is 11. The summed E-state index contributed by atoms with van der Waals surface area (Å²) >= 11 is 0. The average molecular weight is 964 g/mol. The molecule has 22 heteroatoms. The van der Waals surface area contributed by atoms with E-state index < -0.39 is 70.1 Å². The quantitative estimate of drug-likeness (QED) is 0.0728. The van der Waals surface area contributed by atoms with Crippen LogP contribution in [0, 0.1) is 63.5 Å². The lowest BCUT2D eigenvalue weighted by Crippen LogP contribution is -2.46. The first-order chi connectivity index (χ1) is 32.0. The molecule has 6 atom stereocenters. The summed E-state index contributed by atoms with van der Waals surface area (Å²) in [5.41, 5.74) is 4.17. The Hall–Kier alpha value is -6.21. The third kappa shape index (κ3) is 13.9. The van der Waals surface area contributed by atoms with Gasteiger partial charge in [-0.1, -0.05) is 0 Å². The molecule has 1 saturated carbocycles. The van der Waals surface area contributed by atoms with Gasteiger partial charge >= 0.3 is 12.1 Å². The van der Waals surface area contributed by atoms with Gasteiger partial charge in [0.05, 0.1) is 18.2 Å². The smallest absolute Gasteiger partial charge is 0.407 e. The Morgan fingerprint density at radius 2 is 1.41 bits per heavy atom. The van der Waals surface area contributed by atoms with E-state index in [0.717, 1.165) is 44.3 Å². The van der Waals surface area contributed by atoms with Gasteiger partial charge in [-0.2, -0.15) is 5.26 Å². The first kappa shape index (κ1) is 52.8. The number of nitrogens with one attached hydrogen (secondary N) is 2. The highest BCUT2D eigenvalue weighted by molar-refractivity contribution is 5.89. The standard InChI is InChI=1S/C21H23F3N4O2.C21H28F3N3O3.C4H4O4/c22-15-8-17(24)16(23)6-13(15)5-14(26)7-19(29)28-4-1-12-9-27(10-18(12)28)20(30)21(11-25)2-3-21;1-21(2,3)30-20(29)26-14(6-13-7-16(23)17(24)9-15(13)22)8-19(28)27-5-4-12-10-25-11-18(12)27;5-3-8-2-1-4(6)7/h6,8,12,14,18H,1-5,7,9-10,26H2;7,9,12,14,18,25H,4-6,8,10-11H2,1-3H3,(H,26,29);1-3H,(H,6,7)/b;;2-1+/t2*12-,14+,18+;/m00./s1. The van der Waals surface area contributed by atoms with Gasteiger partial charge in [0.2, 0.25) is 17.7 Å². The molecule has 7 rings (SSSR count). The summed E-state index contributed by atoms with van der Waals surface area (Å²) in [6.07, 6.45) is 3.18. The molecule has 5 N–H and O–H groups in total. The summed E-state index contributed by atoms with van der Waals surface area (Å²) in [4.78, 5) is 74.7. The van der Waals surface area contributed by atoms with Crippen LogP contribution in [0.15, 0.2) is 36.6 Å². The highest BCUT2D eigenvalue weighted by Crippen LogP contribution is 2.48. The minimum Gasteiger partial charge on any atom is -0.478 e. The number of ether oxygens (including phenoxy) is 2. The summed E-state index contributed by atoms with van der Waals surface area (Å²) in [5.74, 6) is -7.81. The summed E-state index contributed by atoms with van der Waals surface area (Å²) in [6, 6.07) is 3.01. The number of nitrogens with two attached hydrogens (primary N) is 1. The molecule has 4 heterocycles. The van der Waals surface area contributed by atoms with Gasteiger partial charge < -0.3 is 45.6 Å². The topological polar surface area (TPSA) is 225 Å². The molecule has 68 heavy (non-hydrogen) atoms. The van der Waals surface area contributed by atoms with Gasteiger partial charge in [0, 0.05) is 88.3 Å². The maximum absolute atomic E-state index is 14.2. The number of carbonyl (C=O) groups is 6. The summed E-state index contributed by atoms with van der Waals surface area (Å²) in [5, 5.41) is 23.0. The number of carbonyl (C=O) groups excluding carboxylic acids is 5. The zero-order valence-corrected chi connectivity index (χ0v) is 37.8. The van der Waals surface area contributed by atoms with Crippen molar-refractivity contribution in [3.05, 3.63) is 82.6 Å². The highest BCUT2D eigenvalue weighted by atomic mass is 19.2. The second-order valence-electron chi connectivity index (χ2n) is 18.5. The molecule has 0 radical (unpaired) electrons. The summed E-state index contributed by atoms with van der Waals surface area (Å²) < 4.78 is 90.5. The van der Waals surface area contributed by atoms with Crippen molar-refractivity contribution < 1.29 is 69.7 Å². The number of alkyl carbamates (subject to hydrolysis) is 1. The largest absolute Gasteiger partial charge is 0.478 e. The number of aliphatic carboxylic acids is 1. The number of carboxylic acids is 1. The van der Waals surface area contributed by atoms with Gasteiger partial charge in [0.15, 0.2) is 23.3 Å². The molecule has 0 aromatic heterocycles.